The van der Waals surface area contributed by atoms with E-state index >= 15 is 0 Å². The first kappa shape index (κ1) is 46.7. The van der Waals surface area contributed by atoms with Crippen LogP contribution in [0.1, 0.15) is 125 Å². The zero-order chi connectivity index (χ0) is 41.0. The molecule has 4 aromatic rings. The van der Waals surface area contributed by atoms with Crippen molar-refractivity contribution in [2.45, 2.75) is 166 Å². The molecule has 7 nitrogen and oxygen atoms in total. The zero-order valence-corrected chi connectivity index (χ0v) is 35.9. The summed E-state index contributed by atoms with van der Waals surface area (Å²) in [5, 5.41) is 0. The normalized spacial score (nSPS) is 19.8. The molecule has 0 radical (unpaired) electrons. The lowest BCUT2D eigenvalue weighted by Crippen LogP contribution is -2.62. The SMILES string of the molecule is CCCCCCCCCCCCCCCCC(N)CO[C@H]1O[C@H](COCc2ccccc2)[C@H](OCc2ccccc2)[C@H](OCc2ccccc2)[C@H]1OCc1ccccc1. The third-order valence-electron chi connectivity index (χ3n) is 11.2. The van der Waals surface area contributed by atoms with Crippen molar-refractivity contribution < 1.29 is 28.4 Å². The number of ether oxygens (including phenoxy) is 6. The Balaban J connectivity index is 1.21. The van der Waals surface area contributed by atoms with Gasteiger partial charge in [-0.25, -0.2) is 0 Å². The highest BCUT2D eigenvalue weighted by Gasteiger charge is 2.49. The van der Waals surface area contributed by atoms with Crippen molar-refractivity contribution in [1.29, 1.82) is 0 Å². The van der Waals surface area contributed by atoms with E-state index in [2.05, 4.69) is 55.5 Å². The average Bonchev–Trinajstić information content (AvgIpc) is 3.28. The molecular formula is C52H73NO6. The maximum absolute atomic E-state index is 6.86. The van der Waals surface area contributed by atoms with E-state index < -0.39 is 30.7 Å². The minimum absolute atomic E-state index is 0.116. The molecule has 2 N–H and O–H groups in total. The molecule has 0 amide bonds. The molecule has 4 aromatic carbocycles. The van der Waals surface area contributed by atoms with E-state index in [4.69, 9.17) is 34.2 Å². The van der Waals surface area contributed by atoms with Crippen LogP contribution in [0.15, 0.2) is 121 Å². The van der Waals surface area contributed by atoms with Crippen molar-refractivity contribution in [1.82, 2.24) is 0 Å². The molecule has 6 atom stereocenters. The molecule has 1 unspecified atom stereocenters. The molecule has 322 valence electrons. The number of hydrogen-bond acceptors (Lipinski definition) is 7. The number of rotatable bonds is 31. The van der Waals surface area contributed by atoms with Crippen LogP contribution in [0.4, 0.5) is 0 Å². The van der Waals surface area contributed by atoms with Gasteiger partial charge in [0, 0.05) is 6.04 Å². The summed E-state index contributed by atoms with van der Waals surface area (Å²) in [6.45, 7) is 4.51. The maximum Gasteiger partial charge on any atom is 0.187 e. The Morgan fingerprint density at radius 1 is 0.458 bits per heavy atom. The largest absolute Gasteiger partial charge is 0.374 e. The predicted molar refractivity (Wildman–Crippen MR) is 239 cm³/mol. The van der Waals surface area contributed by atoms with Gasteiger partial charge in [-0.2, -0.15) is 0 Å². The van der Waals surface area contributed by atoms with E-state index in [1.807, 2.05) is 72.8 Å². The summed E-state index contributed by atoms with van der Waals surface area (Å²) in [4.78, 5) is 0. The van der Waals surface area contributed by atoms with Gasteiger partial charge >= 0.3 is 0 Å². The summed E-state index contributed by atoms with van der Waals surface area (Å²) < 4.78 is 40.3. The van der Waals surface area contributed by atoms with Gasteiger partial charge in [0.15, 0.2) is 6.29 Å². The number of benzene rings is 4. The summed E-state index contributed by atoms with van der Waals surface area (Å²) in [5.74, 6) is 0. The van der Waals surface area contributed by atoms with Crippen molar-refractivity contribution in [3.63, 3.8) is 0 Å². The quantitative estimate of drug-likeness (QED) is 0.0507. The van der Waals surface area contributed by atoms with Gasteiger partial charge in [-0.15, -0.1) is 0 Å². The molecule has 7 heteroatoms. The standard InChI is InChI=1S/C52H73NO6/c1-2-3-4-5-6-7-8-9-10-11-12-13-14-27-36-47(53)41-58-52-51(57-40-46-34-25-18-26-35-46)50(56-39-45-32-23-17-24-33-45)49(55-38-44-30-21-16-22-31-44)48(59-52)42-54-37-43-28-19-15-20-29-43/h15-26,28-35,47-52H,2-14,27,36-42,53H2,1H3/t47?,48-,49+,50+,51-,52+/m1/s1. The predicted octanol–water partition coefficient (Wildman–Crippen LogP) is 11.9. The highest BCUT2D eigenvalue weighted by atomic mass is 16.7. The Labute approximate surface area is 356 Å². The van der Waals surface area contributed by atoms with Crippen molar-refractivity contribution in [2.75, 3.05) is 13.2 Å². The Bertz CT molecular complexity index is 1580. The van der Waals surface area contributed by atoms with Gasteiger partial charge < -0.3 is 34.2 Å². The second-order valence-electron chi connectivity index (χ2n) is 16.3. The summed E-state index contributed by atoms with van der Waals surface area (Å²) >= 11 is 0. The highest BCUT2D eigenvalue weighted by Crippen LogP contribution is 2.32. The van der Waals surface area contributed by atoms with E-state index in [1.54, 1.807) is 0 Å². The van der Waals surface area contributed by atoms with Gasteiger partial charge in [0.05, 0.1) is 39.6 Å². The molecule has 1 saturated heterocycles. The molecule has 0 aliphatic carbocycles. The van der Waals surface area contributed by atoms with Crippen molar-refractivity contribution in [3.8, 4) is 0 Å². The van der Waals surface area contributed by atoms with Crippen LogP contribution in [0.2, 0.25) is 0 Å². The zero-order valence-electron chi connectivity index (χ0n) is 35.9. The first-order chi connectivity index (χ1) is 29.2. The Morgan fingerprint density at radius 3 is 1.31 bits per heavy atom. The molecule has 5 rings (SSSR count). The molecular weight excluding hydrogens is 735 g/mol. The molecule has 1 aliphatic heterocycles. The Hall–Kier alpha value is -3.40. The number of hydrogen-bond donors (Lipinski definition) is 1. The lowest BCUT2D eigenvalue weighted by atomic mass is 9.97. The molecule has 1 fully saturated rings. The molecule has 59 heavy (non-hydrogen) atoms. The second-order valence-corrected chi connectivity index (χ2v) is 16.3. The average molecular weight is 808 g/mol. The first-order valence-corrected chi connectivity index (χ1v) is 22.8. The monoisotopic (exact) mass is 808 g/mol. The molecule has 0 bridgehead atoms. The number of unbranched alkanes of at least 4 members (excludes halogenated alkanes) is 13. The summed E-state index contributed by atoms with van der Waals surface area (Å²) in [6.07, 6.45) is 16.7. The van der Waals surface area contributed by atoms with Crippen LogP contribution in [0, 0.1) is 0 Å². The van der Waals surface area contributed by atoms with E-state index in [-0.39, 0.29) is 12.6 Å². The smallest absolute Gasteiger partial charge is 0.187 e. The van der Waals surface area contributed by atoms with Crippen molar-refractivity contribution >= 4 is 0 Å². The van der Waals surface area contributed by atoms with Gasteiger partial charge in [-0.05, 0) is 28.7 Å². The van der Waals surface area contributed by atoms with Crippen LogP contribution < -0.4 is 5.73 Å². The lowest BCUT2D eigenvalue weighted by molar-refractivity contribution is -0.329. The third kappa shape index (κ3) is 18.4. The first-order valence-electron chi connectivity index (χ1n) is 22.8. The van der Waals surface area contributed by atoms with E-state index in [9.17, 15) is 0 Å². The highest BCUT2D eigenvalue weighted by molar-refractivity contribution is 5.16. The summed E-state index contributed by atoms with van der Waals surface area (Å²) in [5.41, 5.74) is 11.0. The van der Waals surface area contributed by atoms with Crippen LogP contribution in [0.5, 0.6) is 0 Å². The topological polar surface area (TPSA) is 81.4 Å². The summed E-state index contributed by atoms with van der Waals surface area (Å²) in [6, 6.07) is 40.7. The Kier molecular flexibility index (Phi) is 22.9. The minimum Gasteiger partial charge on any atom is -0.374 e. The molecule has 0 saturated carbocycles. The fourth-order valence-corrected chi connectivity index (χ4v) is 7.78. The van der Waals surface area contributed by atoms with Gasteiger partial charge in [0.2, 0.25) is 0 Å². The van der Waals surface area contributed by atoms with E-state index in [1.165, 1.54) is 83.5 Å². The third-order valence-corrected chi connectivity index (χ3v) is 11.2. The van der Waals surface area contributed by atoms with Gasteiger partial charge in [0.1, 0.15) is 24.4 Å². The van der Waals surface area contributed by atoms with Gasteiger partial charge in [-0.3, -0.25) is 0 Å². The molecule has 0 spiro atoms. The summed E-state index contributed by atoms with van der Waals surface area (Å²) in [7, 11) is 0. The maximum atomic E-state index is 6.86. The van der Waals surface area contributed by atoms with Gasteiger partial charge in [0.25, 0.3) is 0 Å². The molecule has 1 aliphatic rings. The van der Waals surface area contributed by atoms with Crippen LogP contribution in [0.3, 0.4) is 0 Å². The second kappa shape index (κ2) is 29.0. The van der Waals surface area contributed by atoms with Crippen LogP contribution in [-0.2, 0) is 54.8 Å². The Morgan fingerprint density at radius 2 is 0.847 bits per heavy atom. The number of nitrogens with two attached hydrogens (primary N) is 1. The fraction of sp³-hybridized carbons (Fsp3) is 0.538. The van der Waals surface area contributed by atoms with Gasteiger partial charge in [-0.1, -0.05) is 218 Å². The lowest BCUT2D eigenvalue weighted by Gasteiger charge is -2.46. The van der Waals surface area contributed by atoms with Crippen molar-refractivity contribution in [2.24, 2.45) is 5.73 Å². The molecule has 0 aromatic heterocycles. The van der Waals surface area contributed by atoms with Crippen molar-refractivity contribution in [3.05, 3.63) is 144 Å². The van der Waals surface area contributed by atoms with E-state index in [0.717, 1.165) is 35.1 Å². The minimum atomic E-state index is -0.747. The van der Waals surface area contributed by atoms with Crippen LogP contribution in [-0.4, -0.2) is 50.0 Å². The van der Waals surface area contributed by atoms with E-state index in [0.29, 0.717) is 33.0 Å². The fourth-order valence-electron chi connectivity index (χ4n) is 7.78. The van der Waals surface area contributed by atoms with Crippen LogP contribution >= 0.6 is 0 Å². The molecule has 1 heterocycles. The van der Waals surface area contributed by atoms with Crippen LogP contribution in [0.25, 0.3) is 0 Å².